The SMILES string of the molecule is O=S(=O)(c1ccc(/C=C/c2cccc(Cl)c2)cc1)N1CCc2occc2C1. The third kappa shape index (κ3) is 3.86. The summed E-state index contributed by atoms with van der Waals surface area (Å²) in [4.78, 5) is 0.300. The van der Waals surface area contributed by atoms with Crippen molar-refractivity contribution in [2.45, 2.75) is 17.9 Å². The van der Waals surface area contributed by atoms with Crippen LogP contribution in [0, 0.1) is 0 Å². The van der Waals surface area contributed by atoms with Gasteiger partial charge in [-0.25, -0.2) is 8.42 Å². The molecule has 1 aromatic heterocycles. The van der Waals surface area contributed by atoms with E-state index in [0.29, 0.717) is 29.4 Å². The molecule has 0 spiro atoms. The van der Waals surface area contributed by atoms with E-state index in [0.717, 1.165) is 22.5 Å². The van der Waals surface area contributed by atoms with Crippen molar-refractivity contribution in [1.29, 1.82) is 0 Å². The van der Waals surface area contributed by atoms with Gasteiger partial charge in [-0.1, -0.05) is 48.0 Å². The van der Waals surface area contributed by atoms with Crippen molar-refractivity contribution in [2.75, 3.05) is 6.54 Å². The van der Waals surface area contributed by atoms with Gasteiger partial charge >= 0.3 is 0 Å². The van der Waals surface area contributed by atoms with Crippen molar-refractivity contribution >= 4 is 33.8 Å². The lowest BCUT2D eigenvalue weighted by Gasteiger charge is -2.25. The van der Waals surface area contributed by atoms with Crippen molar-refractivity contribution < 1.29 is 12.8 Å². The summed E-state index contributed by atoms with van der Waals surface area (Å²) in [5.41, 5.74) is 2.85. The minimum absolute atomic E-state index is 0.300. The number of nitrogens with zero attached hydrogens (tertiary/aromatic N) is 1. The van der Waals surface area contributed by atoms with E-state index in [1.807, 2.05) is 42.5 Å². The Kier molecular flexibility index (Phi) is 4.91. The van der Waals surface area contributed by atoms with Gasteiger partial charge in [-0.05, 0) is 41.5 Å². The Morgan fingerprint density at radius 3 is 2.56 bits per heavy atom. The van der Waals surface area contributed by atoms with Gasteiger partial charge in [-0.3, -0.25) is 0 Å². The third-order valence-electron chi connectivity index (χ3n) is 4.61. The second kappa shape index (κ2) is 7.35. The minimum Gasteiger partial charge on any atom is -0.469 e. The van der Waals surface area contributed by atoms with Crippen molar-refractivity contribution in [1.82, 2.24) is 4.31 Å². The Morgan fingerprint density at radius 1 is 1.00 bits per heavy atom. The summed E-state index contributed by atoms with van der Waals surface area (Å²) in [7, 11) is -3.52. The van der Waals surface area contributed by atoms with Crippen LogP contribution in [0.15, 0.2) is 70.2 Å². The van der Waals surface area contributed by atoms with Crippen LogP contribution in [0.2, 0.25) is 5.02 Å². The predicted octanol–water partition coefficient (Wildman–Crippen LogP) is 4.85. The number of benzene rings is 2. The molecule has 3 aromatic rings. The summed E-state index contributed by atoms with van der Waals surface area (Å²) in [6.07, 6.45) is 6.09. The van der Waals surface area contributed by atoms with Crippen LogP contribution in [-0.4, -0.2) is 19.3 Å². The first-order valence-electron chi connectivity index (χ1n) is 8.61. The molecule has 0 N–H and O–H groups in total. The molecular weight excluding hydrogens is 382 g/mol. The number of fused-ring (bicyclic) bond motifs is 1. The molecule has 1 aliphatic rings. The standard InChI is InChI=1S/C21H18ClNO3S/c22-19-3-1-2-17(14-19)5-4-16-6-8-20(9-7-16)27(24,25)23-12-10-21-18(15-23)11-13-26-21/h1-9,11,13-14H,10,12,15H2/b5-4+. The zero-order valence-electron chi connectivity index (χ0n) is 14.5. The minimum atomic E-state index is -3.52. The summed E-state index contributed by atoms with van der Waals surface area (Å²) in [5, 5.41) is 0.681. The van der Waals surface area contributed by atoms with Crippen molar-refractivity contribution in [3.63, 3.8) is 0 Å². The average Bonchev–Trinajstić information content (AvgIpc) is 3.15. The highest BCUT2D eigenvalue weighted by molar-refractivity contribution is 7.89. The molecule has 0 amide bonds. The molecule has 0 aliphatic carbocycles. The quantitative estimate of drug-likeness (QED) is 0.589. The van der Waals surface area contributed by atoms with E-state index in [1.165, 1.54) is 4.31 Å². The van der Waals surface area contributed by atoms with Crippen LogP contribution in [0.5, 0.6) is 0 Å². The lowest BCUT2D eigenvalue weighted by Crippen LogP contribution is -2.35. The van der Waals surface area contributed by atoms with Crippen LogP contribution in [-0.2, 0) is 23.0 Å². The number of halogens is 1. The molecule has 0 saturated carbocycles. The van der Waals surface area contributed by atoms with Gasteiger partial charge in [0, 0.05) is 30.1 Å². The van der Waals surface area contributed by atoms with Gasteiger partial charge in [-0.2, -0.15) is 4.31 Å². The predicted molar refractivity (Wildman–Crippen MR) is 107 cm³/mol. The smallest absolute Gasteiger partial charge is 0.243 e. The third-order valence-corrected chi connectivity index (χ3v) is 6.70. The second-order valence-electron chi connectivity index (χ2n) is 6.41. The topological polar surface area (TPSA) is 50.5 Å². The molecule has 138 valence electrons. The van der Waals surface area contributed by atoms with Gasteiger partial charge in [-0.15, -0.1) is 0 Å². The fraction of sp³-hybridized carbons (Fsp3) is 0.143. The maximum absolute atomic E-state index is 12.9. The summed E-state index contributed by atoms with van der Waals surface area (Å²) >= 11 is 5.98. The molecule has 0 fully saturated rings. The number of hydrogen-bond acceptors (Lipinski definition) is 3. The highest BCUT2D eigenvalue weighted by Crippen LogP contribution is 2.26. The van der Waals surface area contributed by atoms with Gasteiger partial charge in [0.1, 0.15) is 5.76 Å². The Hall–Kier alpha value is -2.34. The zero-order valence-corrected chi connectivity index (χ0v) is 16.1. The van der Waals surface area contributed by atoms with E-state index < -0.39 is 10.0 Å². The molecule has 0 saturated heterocycles. The summed E-state index contributed by atoms with van der Waals surface area (Å²) in [6, 6.07) is 16.3. The second-order valence-corrected chi connectivity index (χ2v) is 8.79. The highest BCUT2D eigenvalue weighted by Gasteiger charge is 2.29. The first-order chi connectivity index (χ1) is 13.0. The fourth-order valence-electron chi connectivity index (χ4n) is 3.13. The lowest BCUT2D eigenvalue weighted by molar-refractivity contribution is 0.362. The number of sulfonamides is 1. The van der Waals surface area contributed by atoms with Crippen molar-refractivity contribution in [3.05, 3.63) is 88.3 Å². The van der Waals surface area contributed by atoms with E-state index in [4.69, 9.17) is 16.0 Å². The summed E-state index contributed by atoms with van der Waals surface area (Å²) in [5.74, 6) is 0.878. The van der Waals surface area contributed by atoms with Crippen LogP contribution < -0.4 is 0 Å². The van der Waals surface area contributed by atoms with Crippen molar-refractivity contribution in [2.24, 2.45) is 0 Å². The normalized spacial score (nSPS) is 15.1. The average molecular weight is 400 g/mol. The number of hydrogen-bond donors (Lipinski definition) is 0. The molecular formula is C21H18ClNO3S. The molecule has 0 radical (unpaired) electrons. The van der Waals surface area contributed by atoms with Crippen LogP contribution >= 0.6 is 11.6 Å². The van der Waals surface area contributed by atoms with Crippen LogP contribution in [0.3, 0.4) is 0 Å². The van der Waals surface area contributed by atoms with E-state index in [9.17, 15) is 8.42 Å². The van der Waals surface area contributed by atoms with Gasteiger partial charge in [0.2, 0.25) is 10.0 Å². The van der Waals surface area contributed by atoms with Crippen LogP contribution in [0.4, 0.5) is 0 Å². The largest absolute Gasteiger partial charge is 0.469 e. The van der Waals surface area contributed by atoms with E-state index in [-0.39, 0.29) is 0 Å². The molecule has 2 heterocycles. The zero-order chi connectivity index (χ0) is 18.9. The molecule has 4 nitrogen and oxygen atoms in total. The van der Waals surface area contributed by atoms with Crippen molar-refractivity contribution in [3.8, 4) is 0 Å². The number of furan rings is 1. The van der Waals surface area contributed by atoms with Gasteiger partial charge < -0.3 is 4.42 Å². The van der Waals surface area contributed by atoms with Gasteiger partial charge in [0.25, 0.3) is 0 Å². The van der Waals surface area contributed by atoms with Gasteiger partial charge in [0.05, 0.1) is 11.2 Å². The monoisotopic (exact) mass is 399 g/mol. The highest BCUT2D eigenvalue weighted by atomic mass is 35.5. The Labute approximate surface area is 163 Å². The number of rotatable bonds is 4. The van der Waals surface area contributed by atoms with Gasteiger partial charge in [0.15, 0.2) is 0 Å². The molecule has 2 aromatic carbocycles. The van der Waals surface area contributed by atoms with Crippen LogP contribution in [0.25, 0.3) is 12.2 Å². The van der Waals surface area contributed by atoms with E-state index >= 15 is 0 Å². The molecule has 0 unspecified atom stereocenters. The Bertz CT molecular complexity index is 1080. The van der Waals surface area contributed by atoms with Crippen LogP contribution in [0.1, 0.15) is 22.5 Å². The van der Waals surface area contributed by atoms with E-state index in [2.05, 4.69) is 0 Å². The maximum atomic E-state index is 12.9. The summed E-state index contributed by atoms with van der Waals surface area (Å²) < 4.78 is 32.7. The first kappa shape index (κ1) is 18.0. The Balaban J connectivity index is 1.51. The van der Waals surface area contributed by atoms with E-state index in [1.54, 1.807) is 30.5 Å². The molecule has 1 aliphatic heterocycles. The molecule has 4 rings (SSSR count). The molecule has 27 heavy (non-hydrogen) atoms. The first-order valence-corrected chi connectivity index (χ1v) is 10.4. The molecule has 0 atom stereocenters. The lowest BCUT2D eigenvalue weighted by atomic mass is 10.1. The fourth-order valence-corrected chi connectivity index (χ4v) is 4.75. The molecule has 0 bridgehead atoms. The molecule has 6 heteroatoms. The Morgan fingerprint density at radius 2 is 1.78 bits per heavy atom. The maximum Gasteiger partial charge on any atom is 0.243 e. The summed E-state index contributed by atoms with van der Waals surface area (Å²) in [6.45, 7) is 0.782.